The van der Waals surface area contributed by atoms with Crippen molar-refractivity contribution >= 4 is 27.9 Å². The highest BCUT2D eigenvalue weighted by atomic mass is 32.2. The number of benzene rings is 2. The van der Waals surface area contributed by atoms with Crippen molar-refractivity contribution < 1.29 is 32.2 Å². The van der Waals surface area contributed by atoms with Gasteiger partial charge in [0.05, 0.1) is 24.7 Å². The van der Waals surface area contributed by atoms with Gasteiger partial charge in [-0.15, -0.1) is 0 Å². The smallest absolute Gasteiger partial charge is 0.276 e. The van der Waals surface area contributed by atoms with Crippen molar-refractivity contribution in [2.75, 3.05) is 39.5 Å². The van der Waals surface area contributed by atoms with Gasteiger partial charge in [0, 0.05) is 19.2 Å². The molecule has 2 aromatic carbocycles. The van der Waals surface area contributed by atoms with Crippen LogP contribution in [0.5, 0.6) is 11.5 Å². The van der Waals surface area contributed by atoms with E-state index < -0.39 is 21.8 Å². The number of sulfonamides is 1. The number of amides is 2. The Kier molecular flexibility index (Phi) is 9.02. The third-order valence-corrected chi connectivity index (χ3v) is 6.66. The summed E-state index contributed by atoms with van der Waals surface area (Å²) in [5, 5.41) is 0. The molecule has 1 aliphatic heterocycles. The Morgan fingerprint density at radius 2 is 1.65 bits per heavy atom. The first-order valence-corrected chi connectivity index (χ1v) is 12.1. The van der Waals surface area contributed by atoms with Crippen molar-refractivity contribution in [3.8, 4) is 11.5 Å². The number of hydrazine groups is 1. The lowest BCUT2D eigenvalue weighted by Crippen LogP contribution is -2.43. The fraction of sp³-hybridized carbons (Fsp3) is 0.304. The van der Waals surface area contributed by atoms with Crippen LogP contribution in [0.25, 0.3) is 6.08 Å². The highest BCUT2D eigenvalue weighted by molar-refractivity contribution is 7.89. The third-order valence-electron chi connectivity index (χ3n) is 4.75. The van der Waals surface area contributed by atoms with E-state index in [0.29, 0.717) is 50.0 Å². The molecule has 182 valence electrons. The second-order valence-electron chi connectivity index (χ2n) is 7.12. The third kappa shape index (κ3) is 7.04. The van der Waals surface area contributed by atoms with Crippen molar-refractivity contribution in [3.05, 3.63) is 60.2 Å². The lowest BCUT2D eigenvalue weighted by atomic mass is 10.2. The minimum atomic E-state index is -3.58. The number of carbonyl (C=O) groups is 2. The van der Waals surface area contributed by atoms with E-state index in [1.165, 1.54) is 28.6 Å². The van der Waals surface area contributed by atoms with Crippen LogP contribution in [0.2, 0.25) is 0 Å². The van der Waals surface area contributed by atoms with E-state index in [1.54, 1.807) is 36.4 Å². The standard InChI is InChI=1S/C23H27N3O7S/c1-2-32-20-5-3-4-6-21(20)33-17-23(28)25-24-22(27)12-9-18-7-10-19(11-8-18)34(29,30)26-13-15-31-16-14-26/h3-12H,2,13-17H2,1H3,(H,24,27)(H,25,28)/b12-9+. The Labute approximate surface area is 198 Å². The van der Waals surface area contributed by atoms with Crippen LogP contribution in [0.3, 0.4) is 0 Å². The topological polar surface area (TPSA) is 123 Å². The Balaban J connectivity index is 1.46. The average molecular weight is 490 g/mol. The van der Waals surface area contributed by atoms with Gasteiger partial charge in [-0.3, -0.25) is 20.4 Å². The lowest BCUT2D eigenvalue weighted by molar-refractivity contribution is -0.128. The second-order valence-corrected chi connectivity index (χ2v) is 9.06. The van der Waals surface area contributed by atoms with Gasteiger partial charge in [-0.05, 0) is 42.8 Å². The van der Waals surface area contributed by atoms with E-state index in [0.717, 1.165) is 0 Å². The number of hydrogen-bond donors (Lipinski definition) is 2. The summed E-state index contributed by atoms with van der Waals surface area (Å²) >= 11 is 0. The molecule has 2 N–H and O–H groups in total. The number of para-hydroxylation sites is 2. The Bertz CT molecular complexity index is 1110. The monoisotopic (exact) mass is 489 g/mol. The maximum atomic E-state index is 12.6. The highest BCUT2D eigenvalue weighted by Gasteiger charge is 2.25. The van der Waals surface area contributed by atoms with Gasteiger partial charge in [0.25, 0.3) is 11.8 Å². The molecule has 2 amide bonds. The molecule has 0 unspecified atom stereocenters. The first-order valence-electron chi connectivity index (χ1n) is 10.7. The maximum absolute atomic E-state index is 12.6. The number of nitrogens with one attached hydrogen (secondary N) is 2. The van der Waals surface area contributed by atoms with Gasteiger partial charge in [0.1, 0.15) is 0 Å². The van der Waals surface area contributed by atoms with Gasteiger partial charge in [-0.2, -0.15) is 4.31 Å². The summed E-state index contributed by atoms with van der Waals surface area (Å²) in [6.07, 6.45) is 2.72. The van der Waals surface area contributed by atoms with Gasteiger partial charge in [0.2, 0.25) is 10.0 Å². The van der Waals surface area contributed by atoms with E-state index in [4.69, 9.17) is 14.2 Å². The molecule has 34 heavy (non-hydrogen) atoms. The highest BCUT2D eigenvalue weighted by Crippen LogP contribution is 2.26. The van der Waals surface area contributed by atoms with Crippen molar-refractivity contribution in [2.45, 2.75) is 11.8 Å². The molecule has 0 atom stereocenters. The first-order chi connectivity index (χ1) is 16.4. The molecule has 0 bridgehead atoms. The molecule has 0 aliphatic carbocycles. The van der Waals surface area contributed by atoms with Crippen molar-refractivity contribution in [2.24, 2.45) is 0 Å². The second kappa shape index (κ2) is 12.2. The van der Waals surface area contributed by atoms with Gasteiger partial charge in [-0.25, -0.2) is 8.42 Å². The summed E-state index contributed by atoms with van der Waals surface area (Å²) in [5.41, 5.74) is 5.14. The zero-order chi connectivity index (χ0) is 24.4. The average Bonchev–Trinajstić information content (AvgIpc) is 2.86. The van der Waals surface area contributed by atoms with Crippen LogP contribution in [0.1, 0.15) is 12.5 Å². The van der Waals surface area contributed by atoms with E-state index in [9.17, 15) is 18.0 Å². The molecule has 0 saturated carbocycles. The molecule has 0 aromatic heterocycles. The van der Waals surface area contributed by atoms with Crippen LogP contribution < -0.4 is 20.3 Å². The Morgan fingerprint density at radius 3 is 2.29 bits per heavy atom. The number of ether oxygens (including phenoxy) is 3. The Morgan fingerprint density at radius 1 is 1.00 bits per heavy atom. The number of hydrogen-bond acceptors (Lipinski definition) is 7. The molecule has 1 saturated heterocycles. The molecule has 2 aromatic rings. The normalized spacial score (nSPS) is 14.5. The lowest BCUT2D eigenvalue weighted by Gasteiger charge is -2.26. The molecule has 1 heterocycles. The van der Waals surface area contributed by atoms with Crippen LogP contribution in [-0.2, 0) is 24.3 Å². The molecule has 0 radical (unpaired) electrons. The summed E-state index contributed by atoms with van der Waals surface area (Å²) in [4.78, 5) is 24.1. The van der Waals surface area contributed by atoms with Gasteiger partial charge in [0.15, 0.2) is 18.1 Å². The van der Waals surface area contributed by atoms with E-state index in [2.05, 4.69) is 10.9 Å². The molecule has 1 fully saturated rings. The van der Waals surface area contributed by atoms with E-state index >= 15 is 0 Å². The van der Waals surface area contributed by atoms with Crippen LogP contribution in [-0.4, -0.2) is 64.1 Å². The van der Waals surface area contributed by atoms with Crippen LogP contribution in [0.4, 0.5) is 0 Å². The molecular formula is C23H27N3O7S. The van der Waals surface area contributed by atoms with Crippen LogP contribution in [0.15, 0.2) is 59.5 Å². The van der Waals surface area contributed by atoms with Crippen LogP contribution >= 0.6 is 0 Å². The molecule has 10 nitrogen and oxygen atoms in total. The van der Waals surface area contributed by atoms with Crippen molar-refractivity contribution in [1.82, 2.24) is 15.2 Å². The first kappa shape index (κ1) is 25.2. The van der Waals surface area contributed by atoms with E-state index in [1.807, 2.05) is 6.92 Å². The van der Waals surface area contributed by atoms with Crippen molar-refractivity contribution in [1.29, 1.82) is 0 Å². The molecular weight excluding hydrogens is 462 g/mol. The zero-order valence-corrected chi connectivity index (χ0v) is 19.5. The predicted molar refractivity (Wildman–Crippen MR) is 124 cm³/mol. The number of morpholine rings is 1. The number of nitrogens with zero attached hydrogens (tertiary/aromatic N) is 1. The largest absolute Gasteiger partial charge is 0.490 e. The minimum absolute atomic E-state index is 0.175. The summed E-state index contributed by atoms with van der Waals surface area (Å²) in [6, 6.07) is 13.1. The van der Waals surface area contributed by atoms with Gasteiger partial charge in [-0.1, -0.05) is 24.3 Å². The van der Waals surface area contributed by atoms with Crippen LogP contribution in [0, 0.1) is 0 Å². The van der Waals surface area contributed by atoms with Gasteiger partial charge < -0.3 is 14.2 Å². The fourth-order valence-corrected chi connectivity index (χ4v) is 4.46. The van der Waals surface area contributed by atoms with Gasteiger partial charge >= 0.3 is 0 Å². The SMILES string of the molecule is CCOc1ccccc1OCC(=O)NNC(=O)/C=C/c1ccc(S(=O)(=O)N2CCOCC2)cc1. The predicted octanol–water partition coefficient (Wildman–Crippen LogP) is 1.35. The van der Waals surface area contributed by atoms with E-state index in [-0.39, 0.29) is 11.5 Å². The Hall–Kier alpha value is -3.41. The van der Waals surface area contributed by atoms with Crippen molar-refractivity contribution in [3.63, 3.8) is 0 Å². The zero-order valence-electron chi connectivity index (χ0n) is 18.7. The fourth-order valence-electron chi connectivity index (χ4n) is 3.06. The maximum Gasteiger partial charge on any atom is 0.276 e. The molecule has 0 spiro atoms. The number of rotatable bonds is 9. The molecule has 1 aliphatic rings. The molecule has 11 heteroatoms. The number of carbonyl (C=O) groups excluding carboxylic acids is 2. The quantitative estimate of drug-likeness (QED) is 0.403. The molecule has 3 rings (SSSR count). The summed E-state index contributed by atoms with van der Waals surface area (Å²) in [7, 11) is -3.58. The summed E-state index contributed by atoms with van der Waals surface area (Å²) in [5.74, 6) is -0.169. The minimum Gasteiger partial charge on any atom is -0.490 e. The summed E-state index contributed by atoms with van der Waals surface area (Å²) in [6.45, 7) is 3.37. The summed E-state index contributed by atoms with van der Waals surface area (Å²) < 4.78 is 42.7.